The summed E-state index contributed by atoms with van der Waals surface area (Å²) < 4.78 is 0. The molecule has 0 radical (unpaired) electrons. The molecule has 0 N–H and O–H groups in total. The third-order valence-electron chi connectivity index (χ3n) is 4.74. The molecule has 0 amide bonds. The minimum absolute atomic E-state index is 0.109. The summed E-state index contributed by atoms with van der Waals surface area (Å²) >= 11 is 5.99. The van der Waals surface area contributed by atoms with Gasteiger partial charge in [0.15, 0.2) is 0 Å². The maximum atomic E-state index is 10.9. The van der Waals surface area contributed by atoms with Crippen LogP contribution in [0.25, 0.3) is 0 Å². The van der Waals surface area contributed by atoms with Crippen molar-refractivity contribution in [2.45, 2.75) is 50.9 Å². The molecule has 0 atom stereocenters. The van der Waals surface area contributed by atoms with Gasteiger partial charge in [0.25, 0.3) is 5.69 Å². The number of anilines is 1. The summed E-state index contributed by atoms with van der Waals surface area (Å²) in [4.78, 5) is 12.8. The van der Waals surface area contributed by atoms with Gasteiger partial charge in [-0.05, 0) is 43.2 Å². The van der Waals surface area contributed by atoms with Gasteiger partial charge in [0.2, 0.25) is 0 Å². The van der Waals surface area contributed by atoms with Gasteiger partial charge in [-0.1, -0.05) is 13.3 Å². The molecule has 2 rings (SSSR count). The monoisotopic (exact) mass is 310 g/mol. The molecule has 0 aromatic heterocycles. The van der Waals surface area contributed by atoms with Crippen molar-refractivity contribution in [3.8, 4) is 0 Å². The molecule has 0 saturated heterocycles. The number of halogens is 1. The average Bonchev–Trinajstić information content (AvgIpc) is 2.53. The topological polar surface area (TPSA) is 46.4 Å². The summed E-state index contributed by atoms with van der Waals surface area (Å²) in [5.74, 6) is 1.16. The first kappa shape index (κ1) is 16.1. The van der Waals surface area contributed by atoms with Gasteiger partial charge in [-0.2, -0.15) is 0 Å². The Morgan fingerprint density at radius 3 is 2.52 bits per heavy atom. The van der Waals surface area contributed by atoms with Gasteiger partial charge >= 0.3 is 0 Å². The van der Waals surface area contributed by atoms with E-state index in [0.29, 0.717) is 11.9 Å². The molecular formula is C16H23ClN2O2. The van der Waals surface area contributed by atoms with Gasteiger partial charge in [-0.3, -0.25) is 10.1 Å². The molecule has 116 valence electrons. The summed E-state index contributed by atoms with van der Waals surface area (Å²) in [5, 5.41) is 10.9. The zero-order valence-electron chi connectivity index (χ0n) is 12.7. The molecule has 5 heteroatoms. The molecule has 0 unspecified atom stereocenters. The molecule has 0 heterocycles. The van der Waals surface area contributed by atoms with Crippen LogP contribution in [0.4, 0.5) is 11.4 Å². The standard InChI is InChI=1S/C16H23ClN2O2/c1-3-12-4-6-14(7-5-12)18(2)16-9-8-15(19(20)21)10-13(16)11-17/h8-10,12,14H,3-7,11H2,1-2H3. The van der Waals surface area contributed by atoms with E-state index in [-0.39, 0.29) is 10.6 Å². The van der Waals surface area contributed by atoms with Crippen molar-refractivity contribution in [1.82, 2.24) is 0 Å². The average molecular weight is 311 g/mol. The minimum atomic E-state index is -0.369. The Hall–Kier alpha value is -1.29. The number of nitro benzene ring substituents is 1. The van der Waals surface area contributed by atoms with Crippen molar-refractivity contribution in [2.75, 3.05) is 11.9 Å². The Morgan fingerprint density at radius 1 is 1.33 bits per heavy atom. The summed E-state index contributed by atoms with van der Waals surface area (Å²) in [6, 6.07) is 5.51. The quantitative estimate of drug-likeness (QED) is 0.448. The number of hydrogen-bond donors (Lipinski definition) is 0. The fourth-order valence-electron chi connectivity index (χ4n) is 3.27. The number of alkyl halides is 1. The van der Waals surface area contributed by atoms with Crippen LogP contribution in [0.15, 0.2) is 18.2 Å². The van der Waals surface area contributed by atoms with Gasteiger partial charge in [0.1, 0.15) is 0 Å². The van der Waals surface area contributed by atoms with Crippen molar-refractivity contribution < 1.29 is 4.92 Å². The van der Waals surface area contributed by atoms with Crippen LogP contribution < -0.4 is 4.90 Å². The van der Waals surface area contributed by atoms with Gasteiger partial charge in [-0.25, -0.2) is 0 Å². The van der Waals surface area contributed by atoms with Gasteiger partial charge in [0.05, 0.1) is 4.92 Å². The van der Waals surface area contributed by atoms with Gasteiger partial charge < -0.3 is 4.90 Å². The SMILES string of the molecule is CCC1CCC(N(C)c2ccc([N+](=O)[O-])cc2CCl)CC1. The van der Waals surface area contributed by atoms with Gasteiger partial charge in [0, 0.05) is 36.8 Å². The highest BCUT2D eigenvalue weighted by molar-refractivity contribution is 6.17. The Kier molecular flexibility index (Phi) is 5.45. The predicted octanol–water partition coefficient (Wildman–Crippen LogP) is 4.74. The van der Waals surface area contributed by atoms with E-state index in [1.54, 1.807) is 12.1 Å². The van der Waals surface area contributed by atoms with Crippen molar-refractivity contribution in [2.24, 2.45) is 5.92 Å². The van der Waals surface area contributed by atoms with Crippen LogP contribution >= 0.6 is 11.6 Å². The number of non-ortho nitro benzene ring substituents is 1. The Balaban J connectivity index is 2.15. The van der Waals surface area contributed by atoms with Crippen LogP contribution in [-0.4, -0.2) is 18.0 Å². The molecule has 0 aliphatic heterocycles. The molecule has 1 aliphatic rings. The fraction of sp³-hybridized carbons (Fsp3) is 0.625. The summed E-state index contributed by atoms with van der Waals surface area (Å²) in [7, 11) is 2.08. The van der Waals surface area contributed by atoms with Crippen LogP contribution in [0.3, 0.4) is 0 Å². The highest BCUT2D eigenvalue weighted by Gasteiger charge is 2.24. The Bertz CT molecular complexity index is 499. The molecule has 4 nitrogen and oxygen atoms in total. The number of hydrogen-bond acceptors (Lipinski definition) is 3. The van der Waals surface area contributed by atoms with Gasteiger partial charge in [-0.15, -0.1) is 11.6 Å². The van der Waals surface area contributed by atoms with Crippen molar-refractivity contribution in [3.05, 3.63) is 33.9 Å². The lowest BCUT2D eigenvalue weighted by Gasteiger charge is -2.36. The fourth-order valence-corrected chi connectivity index (χ4v) is 3.49. The molecule has 1 aromatic carbocycles. The minimum Gasteiger partial charge on any atom is -0.371 e. The molecule has 1 aliphatic carbocycles. The lowest BCUT2D eigenvalue weighted by Crippen LogP contribution is -2.35. The van der Waals surface area contributed by atoms with E-state index in [2.05, 4.69) is 18.9 Å². The zero-order valence-corrected chi connectivity index (χ0v) is 13.5. The van der Waals surface area contributed by atoms with E-state index in [1.807, 2.05) is 6.07 Å². The second-order valence-electron chi connectivity index (χ2n) is 5.90. The molecule has 1 aromatic rings. The number of nitrogens with zero attached hydrogens (tertiary/aromatic N) is 2. The summed E-state index contributed by atoms with van der Waals surface area (Å²) in [6.07, 6.45) is 6.19. The number of benzene rings is 1. The zero-order chi connectivity index (χ0) is 15.4. The highest BCUT2D eigenvalue weighted by atomic mass is 35.5. The normalized spacial score (nSPS) is 22.0. The molecule has 1 fully saturated rings. The van der Waals surface area contributed by atoms with E-state index < -0.39 is 0 Å². The second-order valence-corrected chi connectivity index (χ2v) is 6.16. The smallest absolute Gasteiger partial charge is 0.269 e. The van der Waals surface area contributed by atoms with Crippen molar-refractivity contribution in [1.29, 1.82) is 0 Å². The molecule has 0 spiro atoms. The Labute approximate surface area is 131 Å². The van der Waals surface area contributed by atoms with E-state index in [0.717, 1.165) is 17.2 Å². The molecule has 1 saturated carbocycles. The van der Waals surface area contributed by atoms with Crippen LogP contribution in [0, 0.1) is 16.0 Å². The number of nitro groups is 1. The second kappa shape index (κ2) is 7.12. The maximum Gasteiger partial charge on any atom is 0.269 e. The van der Waals surface area contributed by atoms with Crippen LogP contribution in [0.2, 0.25) is 0 Å². The summed E-state index contributed by atoms with van der Waals surface area (Å²) in [6.45, 7) is 2.26. The van der Waals surface area contributed by atoms with Crippen molar-refractivity contribution in [3.63, 3.8) is 0 Å². The van der Waals surface area contributed by atoms with E-state index in [1.165, 1.54) is 32.1 Å². The largest absolute Gasteiger partial charge is 0.371 e. The van der Waals surface area contributed by atoms with E-state index in [4.69, 9.17) is 11.6 Å². The highest BCUT2D eigenvalue weighted by Crippen LogP contribution is 2.34. The molecule has 21 heavy (non-hydrogen) atoms. The first-order valence-electron chi connectivity index (χ1n) is 7.62. The Morgan fingerprint density at radius 2 is 2.00 bits per heavy atom. The van der Waals surface area contributed by atoms with Crippen molar-refractivity contribution >= 4 is 23.0 Å². The van der Waals surface area contributed by atoms with E-state index >= 15 is 0 Å². The van der Waals surface area contributed by atoms with Crippen LogP contribution in [0.1, 0.15) is 44.6 Å². The lowest BCUT2D eigenvalue weighted by molar-refractivity contribution is -0.384. The predicted molar refractivity (Wildman–Crippen MR) is 87.1 cm³/mol. The van der Waals surface area contributed by atoms with E-state index in [9.17, 15) is 10.1 Å². The molecular weight excluding hydrogens is 288 g/mol. The maximum absolute atomic E-state index is 10.9. The first-order valence-corrected chi connectivity index (χ1v) is 8.16. The molecule has 0 bridgehead atoms. The van der Waals surface area contributed by atoms with Crippen LogP contribution in [0.5, 0.6) is 0 Å². The lowest BCUT2D eigenvalue weighted by atomic mass is 9.84. The number of rotatable bonds is 5. The summed E-state index contributed by atoms with van der Waals surface area (Å²) in [5.41, 5.74) is 1.97. The first-order chi connectivity index (χ1) is 10.1. The van der Waals surface area contributed by atoms with Crippen LogP contribution in [-0.2, 0) is 5.88 Å². The third-order valence-corrected chi connectivity index (χ3v) is 5.03. The third kappa shape index (κ3) is 3.67.